The lowest BCUT2D eigenvalue weighted by Crippen LogP contribution is -2.51. The molecule has 3 nitrogen and oxygen atoms in total. The molecule has 0 radical (unpaired) electrons. The number of anilines is 1. The fourth-order valence-electron chi connectivity index (χ4n) is 3.19. The number of amides is 1. The molecule has 1 aromatic rings. The van der Waals surface area contributed by atoms with Gasteiger partial charge in [-0.2, -0.15) is 11.8 Å². The zero-order valence-electron chi connectivity index (χ0n) is 11.0. The highest BCUT2D eigenvalue weighted by molar-refractivity contribution is 8.00. The Morgan fingerprint density at radius 2 is 2.16 bits per heavy atom. The predicted molar refractivity (Wildman–Crippen MR) is 80.4 cm³/mol. The van der Waals surface area contributed by atoms with Crippen LogP contribution in [0.1, 0.15) is 36.0 Å². The minimum Gasteiger partial charge on any atom is -0.399 e. The van der Waals surface area contributed by atoms with Gasteiger partial charge in [0.25, 0.3) is 5.91 Å². The predicted octanol–water partition coefficient (Wildman–Crippen LogP) is 2.77. The Morgan fingerprint density at radius 1 is 1.32 bits per heavy atom. The number of carbonyl (C=O) groups is 1. The summed E-state index contributed by atoms with van der Waals surface area (Å²) in [6, 6.07) is 7.79. The highest BCUT2D eigenvalue weighted by atomic mass is 32.2. The second-order valence-electron chi connectivity index (χ2n) is 5.39. The van der Waals surface area contributed by atoms with Crippen molar-refractivity contribution in [3.8, 4) is 0 Å². The molecule has 1 aliphatic carbocycles. The summed E-state index contributed by atoms with van der Waals surface area (Å²) in [4.78, 5) is 14.8. The average molecular weight is 276 g/mol. The van der Waals surface area contributed by atoms with E-state index in [4.69, 9.17) is 5.73 Å². The van der Waals surface area contributed by atoms with Crippen LogP contribution in [0.5, 0.6) is 0 Å². The van der Waals surface area contributed by atoms with E-state index in [1.54, 1.807) is 6.07 Å². The first-order valence-electron chi connectivity index (χ1n) is 7.04. The summed E-state index contributed by atoms with van der Waals surface area (Å²) in [5.74, 6) is 1.22. The third kappa shape index (κ3) is 2.59. The van der Waals surface area contributed by atoms with E-state index in [9.17, 15) is 4.79 Å². The molecule has 1 amide bonds. The number of nitrogen functional groups attached to an aromatic ring is 1. The molecule has 0 bridgehead atoms. The molecule has 1 saturated carbocycles. The van der Waals surface area contributed by atoms with Gasteiger partial charge in [0.15, 0.2) is 0 Å². The molecule has 1 heterocycles. The highest BCUT2D eigenvalue weighted by Gasteiger charge is 2.36. The Kier molecular flexibility index (Phi) is 3.69. The molecule has 4 heteroatoms. The largest absolute Gasteiger partial charge is 0.399 e. The number of fused-ring (bicyclic) bond motifs is 1. The molecule has 2 fully saturated rings. The molecule has 3 rings (SSSR count). The Hall–Kier alpha value is -1.16. The van der Waals surface area contributed by atoms with Crippen molar-refractivity contribution in [2.45, 2.75) is 37.0 Å². The van der Waals surface area contributed by atoms with Gasteiger partial charge in [-0.05, 0) is 31.0 Å². The van der Waals surface area contributed by atoms with E-state index < -0.39 is 0 Å². The van der Waals surface area contributed by atoms with E-state index in [1.165, 1.54) is 19.3 Å². The lowest BCUT2D eigenvalue weighted by molar-refractivity contribution is 0.0646. The topological polar surface area (TPSA) is 46.3 Å². The lowest BCUT2D eigenvalue weighted by atomic mass is 9.92. The number of nitrogens with zero attached hydrogens (tertiary/aromatic N) is 1. The van der Waals surface area contributed by atoms with Crippen molar-refractivity contribution in [2.75, 3.05) is 18.0 Å². The summed E-state index contributed by atoms with van der Waals surface area (Å²) in [6.07, 6.45) is 4.98. The fraction of sp³-hybridized carbons (Fsp3) is 0.533. The van der Waals surface area contributed by atoms with Gasteiger partial charge >= 0.3 is 0 Å². The summed E-state index contributed by atoms with van der Waals surface area (Å²) < 4.78 is 0. The van der Waals surface area contributed by atoms with Gasteiger partial charge in [0, 0.05) is 34.8 Å². The van der Waals surface area contributed by atoms with Crippen LogP contribution in [0.2, 0.25) is 0 Å². The van der Waals surface area contributed by atoms with Gasteiger partial charge in [-0.25, -0.2) is 0 Å². The molecule has 102 valence electrons. The van der Waals surface area contributed by atoms with Crippen molar-refractivity contribution < 1.29 is 4.79 Å². The van der Waals surface area contributed by atoms with Crippen molar-refractivity contribution >= 4 is 23.4 Å². The summed E-state index contributed by atoms with van der Waals surface area (Å²) in [5.41, 5.74) is 7.18. The van der Waals surface area contributed by atoms with Crippen molar-refractivity contribution in [3.05, 3.63) is 29.8 Å². The van der Waals surface area contributed by atoms with Crippen LogP contribution in [-0.2, 0) is 0 Å². The molecule has 2 atom stereocenters. The van der Waals surface area contributed by atoms with Gasteiger partial charge in [0.05, 0.1) is 0 Å². The van der Waals surface area contributed by atoms with E-state index in [1.807, 2.05) is 30.0 Å². The third-order valence-corrected chi connectivity index (χ3v) is 5.52. The van der Waals surface area contributed by atoms with Crippen LogP contribution in [0.3, 0.4) is 0 Å². The van der Waals surface area contributed by atoms with Crippen LogP contribution in [0.4, 0.5) is 5.69 Å². The molecule has 0 aromatic heterocycles. The maximum absolute atomic E-state index is 12.7. The second-order valence-corrected chi connectivity index (χ2v) is 6.73. The van der Waals surface area contributed by atoms with Gasteiger partial charge < -0.3 is 10.6 Å². The molecule has 1 aromatic carbocycles. The minimum atomic E-state index is 0.157. The molecule has 1 aliphatic heterocycles. The van der Waals surface area contributed by atoms with E-state index in [2.05, 4.69) is 4.90 Å². The van der Waals surface area contributed by atoms with E-state index >= 15 is 0 Å². The first-order chi connectivity index (χ1) is 9.25. The molecule has 1 saturated heterocycles. The highest BCUT2D eigenvalue weighted by Crippen LogP contribution is 2.36. The number of rotatable bonds is 1. The Labute approximate surface area is 118 Å². The normalized spacial score (nSPS) is 26.8. The first-order valence-corrected chi connectivity index (χ1v) is 8.09. The summed E-state index contributed by atoms with van der Waals surface area (Å²) in [6.45, 7) is 0.874. The van der Waals surface area contributed by atoms with Crippen molar-refractivity contribution in [1.82, 2.24) is 4.90 Å². The molecule has 0 spiro atoms. The van der Waals surface area contributed by atoms with Crippen LogP contribution in [0.25, 0.3) is 0 Å². The van der Waals surface area contributed by atoms with Crippen molar-refractivity contribution in [3.63, 3.8) is 0 Å². The van der Waals surface area contributed by atoms with Crippen LogP contribution in [0.15, 0.2) is 24.3 Å². The summed E-state index contributed by atoms with van der Waals surface area (Å²) in [7, 11) is 0. The number of nitrogens with two attached hydrogens (primary N) is 1. The van der Waals surface area contributed by atoms with E-state index in [0.717, 1.165) is 24.3 Å². The number of hydrogen-bond donors (Lipinski definition) is 1. The van der Waals surface area contributed by atoms with Gasteiger partial charge in [-0.1, -0.05) is 18.9 Å². The van der Waals surface area contributed by atoms with Gasteiger partial charge in [-0.15, -0.1) is 0 Å². The van der Waals surface area contributed by atoms with Crippen molar-refractivity contribution in [1.29, 1.82) is 0 Å². The molecule has 2 aliphatic rings. The number of carbonyl (C=O) groups excluding carboxylic acids is 1. The number of thioether (sulfide) groups is 1. The minimum absolute atomic E-state index is 0.157. The van der Waals surface area contributed by atoms with E-state index in [-0.39, 0.29) is 5.91 Å². The van der Waals surface area contributed by atoms with Gasteiger partial charge in [0.1, 0.15) is 0 Å². The smallest absolute Gasteiger partial charge is 0.254 e. The Balaban J connectivity index is 1.82. The van der Waals surface area contributed by atoms with Crippen LogP contribution < -0.4 is 5.73 Å². The number of hydrogen-bond acceptors (Lipinski definition) is 3. The Morgan fingerprint density at radius 3 is 3.00 bits per heavy atom. The number of benzene rings is 1. The van der Waals surface area contributed by atoms with E-state index in [0.29, 0.717) is 17.0 Å². The monoisotopic (exact) mass is 276 g/mol. The summed E-state index contributed by atoms with van der Waals surface area (Å²) in [5, 5.41) is 0.646. The zero-order chi connectivity index (χ0) is 13.2. The van der Waals surface area contributed by atoms with Crippen LogP contribution in [0, 0.1) is 0 Å². The maximum atomic E-state index is 12.7. The Bertz CT molecular complexity index is 475. The molecular formula is C15H20N2OS. The maximum Gasteiger partial charge on any atom is 0.254 e. The quantitative estimate of drug-likeness (QED) is 0.802. The SMILES string of the molecule is Nc1cccc(C(=O)N2CCSC3CCCCC32)c1. The molecule has 19 heavy (non-hydrogen) atoms. The van der Waals surface area contributed by atoms with Crippen molar-refractivity contribution in [2.24, 2.45) is 0 Å². The molecule has 2 N–H and O–H groups in total. The molecule has 2 unspecified atom stereocenters. The fourth-order valence-corrected chi connectivity index (χ4v) is 4.63. The molecular weight excluding hydrogens is 256 g/mol. The zero-order valence-corrected chi connectivity index (χ0v) is 11.9. The van der Waals surface area contributed by atoms with Gasteiger partial charge in [0.2, 0.25) is 0 Å². The van der Waals surface area contributed by atoms with Gasteiger partial charge in [-0.3, -0.25) is 4.79 Å². The second kappa shape index (κ2) is 5.45. The van der Waals surface area contributed by atoms with Crippen LogP contribution in [-0.4, -0.2) is 34.4 Å². The standard InChI is InChI=1S/C15H20N2OS/c16-12-5-3-4-11(10-12)15(18)17-8-9-19-14-7-2-1-6-13(14)17/h3-5,10,13-14H,1-2,6-9,16H2. The average Bonchev–Trinajstić information content (AvgIpc) is 2.46. The summed E-state index contributed by atoms with van der Waals surface area (Å²) >= 11 is 2.05. The third-order valence-electron chi connectivity index (χ3n) is 4.13. The first kappa shape index (κ1) is 12.9. The van der Waals surface area contributed by atoms with Crippen LogP contribution >= 0.6 is 11.8 Å². The lowest BCUT2D eigenvalue weighted by Gasteiger charge is -2.43.